The lowest BCUT2D eigenvalue weighted by Crippen LogP contribution is -2.34. The smallest absolute Gasteiger partial charge is 0.254 e. The van der Waals surface area contributed by atoms with E-state index in [0.717, 1.165) is 6.42 Å². The number of nitrogens with zero attached hydrogens (tertiary/aromatic N) is 1. The molecule has 0 spiro atoms. The highest BCUT2D eigenvalue weighted by Crippen LogP contribution is 2.24. The standard InChI is InChI=1S/C18H21N3O2/c1-12-8-13(9-19)11-21(12)18(23)15-4-2-14(3-5-15)17(22)16-6-7-20-10-16/h2-7,10,12-13,20H,8-9,11,19H2,1H3. The van der Waals surface area contributed by atoms with Gasteiger partial charge < -0.3 is 15.6 Å². The van der Waals surface area contributed by atoms with Crippen molar-refractivity contribution >= 4 is 11.7 Å². The van der Waals surface area contributed by atoms with Crippen molar-refractivity contribution in [2.45, 2.75) is 19.4 Å². The fourth-order valence-electron chi connectivity index (χ4n) is 3.16. The first-order chi connectivity index (χ1) is 11.1. The number of aromatic amines is 1. The minimum Gasteiger partial charge on any atom is -0.367 e. The van der Waals surface area contributed by atoms with Crippen LogP contribution in [-0.4, -0.2) is 40.7 Å². The topological polar surface area (TPSA) is 79.2 Å². The number of carbonyl (C=O) groups is 2. The quantitative estimate of drug-likeness (QED) is 0.848. The molecule has 1 amide bonds. The molecular weight excluding hydrogens is 290 g/mol. The minimum atomic E-state index is -0.0528. The number of hydrogen-bond donors (Lipinski definition) is 2. The van der Waals surface area contributed by atoms with Crippen molar-refractivity contribution in [3.63, 3.8) is 0 Å². The number of ketones is 1. The first-order valence-corrected chi connectivity index (χ1v) is 7.88. The molecule has 1 aromatic heterocycles. The molecule has 2 aromatic rings. The number of carbonyl (C=O) groups excluding carboxylic acids is 2. The summed E-state index contributed by atoms with van der Waals surface area (Å²) in [4.78, 5) is 29.6. The Balaban J connectivity index is 1.74. The van der Waals surface area contributed by atoms with Crippen LogP contribution in [0.3, 0.4) is 0 Å². The van der Waals surface area contributed by atoms with Crippen LogP contribution in [0.5, 0.6) is 0 Å². The number of H-pyrrole nitrogens is 1. The largest absolute Gasteiger partial charge is 0.367 e. The van der Waals surface area contributed by atoms with Gasteiger partial charge in [0.25, 0.3) is 5.91 Å². The number of rotatable bonds is 4. The highest BCUT2D eigenvalue weighted by molar-refractivity contribution is 6.09. The van der Waals surface area contributed by atoms with Gasteiger partial charge in [0.05, 0.1) is 0 Å². The zero-order valence-corrected chi connectivity index (χ0v) is 13.2. The van der Waals surface area contributed by atoms with Crippen LogP contribution in [-0.2, 0) is 0 Å². The van der Waals surface area contributed by atoms with Crippen LogP contribution in [0.25, 0.3) is 0 Å². The normalized spacial score (nSPS) is 20.7. The summed E-state index contributed by atoms with van der Waals surface area (Å²) in [5, 5.41) is 0. The van der Waals surface area contributed by atoms with E-state index in [9.17, 15) is 9.59 Å². The van der Waals surface area contributed by atoms with Gasteiger partial charge in [-0.1, -0.05) is 12.1 Å². The van der Waals surface area contributed by atoms with Crippen LogP contribution >= 0.6 is 0 Å². The second-order valence-electron chi connectivity index (χ2n) is 6.15. The van der Waals surface area contributed by atoms with Gasteiger partial charge in [-0.25, -0.2) is 0 Å². The van der Waals surface area contributed by atoms with Gasteiger partial charge >= 0.3 is 0 Å². The molecule has 5 heteroatoms. The monoisotopic (exact) mass is 311 g/mol. The maximum absolute atomic E-state index is 12.6. The lowest BCUT2D eigenvalue weighted by Gasteiger charge is -2.21. The molecule has 0 aliphatic carbocycles. The van der Waals surface area contributed by atoms with E-state index in [0.29, 0.717) is 35.7 Å². The van der Waals surface area contributed by atoms with Crippen molar-refractivity contribution in [1.29, 1.82) is 0 Å². The molecule has 1 saturated heterocycles. The predicted molar refractivity (Wildman–Crippen MR) is 88.3 cm³/mol. The summed E-state index contributed by atoms with van der Waals surface area (Å²) in [7, 11) is 0. The van der Waals surface area contributed by atoms with Crippen molar-refractivity contribution in [2.75, 3.05) is 13.1 Å². The number of nitrogens with one attached hydrogen (secondary N) is 1. The van der Waals surface area contributed by atoms with Crippen molar-refractivity contribution < 1.29 is 9.59 Å². The Morgan fingerprint density at radius 2 is 1.87 bits per heavy atom. The summed E-state index contributed by atoms with van der Waals surface area (Å²) >= 11 is 0. The van der Waals surface area contributed by atoms with E-state index in [1.807, 2.05) is 4.90 Å². The molecule has 0 radical (unpaired) electrons. The van der Waals surface area contributed by atoms with Crippen molar-refractivity contribution in [2.24, 2.45) is 11.7 Å². The first kappa shape index (κ1) is 15.5. The maximum Gasteiger partial charge on any atom is 0.254 e. The predicted octanol–water partition coefficient (Wildman–Crippen LogP) is 2.05. The molecule has 5 nitrogen and oxygen atoms in total. The molecule has 23 heavy (non-hydrogen) atoms. The third-order valence-corrected chi connectivity index (χ3v) is 4.51. The van der Waals surface area contributed by atoms with E-state index >= 15 is 0 Å². The second-order valence-corrected chi connectivity index (χ2v) is 6.15. The highest BCUT2D eigenvalue weighted by Gasteiger charge is 2.32. The van der Waals surface area contributed by atoms with E-state index in [-0.39, 0.29) is 17.7 Å². The number of amides is 1. The second kappa shape index (κ2) is 6.38. The third kappa shape index (κ3) is 3.05. The molecule has 1 aliphatic rings. The van der Waals surface area contributed by atoms with E-state index in [1.54, 1.807) is 42.7 Å². The van der Waals surface area contributed by atoms with Crippen LogP contribution in [0.2, 0.25) is 0 Å². The van der Waals surface area contributed by atoms with Gasteiger partial charge in [-0.3, -0.25) is 9.59 Å². The Labute approximate surface area is 135 Å². The van der Waals surface area contributed by atoms with Crippen LogP contribution in [0.1, 0.15) is 39.6 Å². The van der Waals surface area contributed by atoms with Crippen LogP contribution in [0.4, 0.5) is 0 Å². The first-order valence-electron chi connectivity index (χ1n) is 7.88. The SMILES string of the molecule is CC1CC(CN)CN1C(=O)c1ccc(C(=O)c2cc[nH]c2)cc1. The van der Waals surface area contributed by atoms with Crippen molar-refractivity contribution in [3.8, 4) is 0 Å². The summed E-state index contributed by atoms with van der Waals surface area (Å²) in [6, 6.07) is 8.82. The van der Waals surface area contributed by atoms with Crippen LogP contribution in [0, 0.1) is 5.92 Å². The van der Waals surface area contributed by atoms with Gasteiger partial charge in [0.15, 0.2) is 5.78 Å². The number of hydrogen-bond acceptors (Lipinski definition) is 3. The minimum absolute atomic E-state index is 0.00842. The fourth-order valence-corrected chi connectivity index (χ4v) is 3.16. The van der Waals surface area contributed by atoms with Gasteiger partial charge in [-0.05, 0) is 44.0 Å². The number of likely N-dealkylation sites (tertiary alicyclic amines) is 1. The molecule has 120 valence electrons. The molecule has 2 atom stereocenters. The van der Waals surface area contributed by atoms with Crippen LogP contribution < -0.4 is 5.73 Å². The van der Waals surface area contributed by atoms with Gasteiger partial charge in [0.2, 0.25) is 0 Å². The molecule has 1 aromatic carbocycles. The van der Waals surface area contributed by atoms with Gasteiger partial charge in [0.1, 0.15) is 0 Å². The average molecular weight is 311 g/mol. The molecule has 0 bridgehead atoms. The Morgan fingerprint density at radius 3 is 2.43 bits per heavy atom. The Kier molecular flexibility index (Phi) is 4.30. The number of benzene rings is 1. The molecule has 3 N–H and O–H groups in total. The summed E-state index contributed by atoms with van der Waals surface area (Å²) in [5.74, 6) is 0.334. The zero-order valence-electron chi connectivity index (χ0n) is 13.2. The number of aromatic nitrogens is 1. The molecule has 3 rings (SSSR count). The summed E-state index contributed by atoms with van der Waals surface area (Å²) in [6.07, 6.45) is 4.33. The third-order valence-electron chi connectivity index (χ3n) is 4.51. The Hall–Kier alpha value is -2.40. The van der Waals surface area contributed by atoms with E-state index < -0.39 is 0 Å². The molecule has 2 heterocycles. The lowest BCUT2D eigenvalue weighted by molar-refractivity contribution is 0.0743. The molecular formula is C18H21N3O2. The van der Waals surface area contributed by atoms with Gasteiger partial charge in [0, 0.05) is 41.7 Å². The lowest BCUT2D eigenvalue weighted by atomic mass is 10.0. The molecule has 2 unspecified atom stereocenters. The van der Waals surface area contributed by atoms with E-state index in [4.69, 9.17) is 5.73 Å². The van der Waals surface area contributed by atoms with Gasteiger partial charge in [-0.15, -0.1) is 0 Å². The molecule has 0 saturated carbocycles. The summed E-state index contributed by atoms with van der Waals surface area (Å²) in [5.41, 5.74) is 7.52. The Bertz CT molecular complexity index is 692. The van der Waals surface area contributed by atoms with Gasteiger partial charge in [-0.2, -0.15) is 0 Å². The van der Waals surface area contributed by atoms with Crippen molar-refractivity contribution in [1.82, 2.24) is 9.88 Å². The fraction of sp³-hybridized carbons (Fsp3) is 0.333. The zero-order chi connectivity index (χ0) is 16.4. The van der Waals surface area contributed by atoms with Crippen LogP contribution in [0.15, 0.2) is 42.7 Å². The molecule has 1 fully saturated rings. The van der Waals surface area contributed by atoms with Crippen molar-refractivity contribution in [3.05, 3.63) is 59.4 Å². The van der Waals surface area contributed by atoms with E-state index in [2.05, 4.69) is 11.9 Å². The summed E-state index contributed by atoms with van der Waals surface area (Å²) < 4.78 is 0. The van der Waals surface area contributed by atoms with E-state index in [1.165, 1.54) is 0 Å². The molecule has 1 aliphatic heterocycles. The average Bonchev–Trinajstić information content (AvgIpc) is 3.23. The Morgan fingerprint density at radius 1 is 1.17 bits per heavy atom. The number of nitrogens with two attached hydrogens (primary N) is 1. The maximum atomic E-state index is 12.6. The highest BCUT2D eigenvalue weighted by atomic mass is 16.2. The summed E-state index contributed by atoms with van der Waals surface area (Å²) in [6.45, 7) is 3.37.